The molecule has 0 aliphatic heterocycles. The fourth-order valence-electron chi connectivity index (χ4n) is 3.97. The molecule has 0 spiro atoms. The Kier molecular flexibility index (Phi) is 8.58. The molecule has 4 rings (SSSR count). The van der Waals surface area contributed by atoms with E-state index in [9.17, 15) is 9.18 Å². The van der Waals surface area contributed by atoms with Crippen LogP contribution in [0, 0.1) is 5.82 Å². The van der Waals surface area contributed by atoms with Crippen molar-refractivity contribution in [1.82, 2.24) is 19.1 Å². The number of halogens is 2. The van der Waals surface area contributed by atoms with E-state index in [1.165, 1.54) is 6.07 Å². The molecule has 3 aromatic heterocycles. The summed E-state index contributed by atoms with van der Waals surface area (Å²) in [6.07, 6.45) is 1.16. The fraction of sp³-hybridized carbons (Fsp3) is 0.444. The lowest BCUT2D eigenvalue weighted by molar-refractivity contribution is 0.0753. The van der Waals surface area contributed by atoms with Crippen molar-refractivity contribution >= 4 is 49.8 Å². The topological polar surface area (TPSA) is 71.2 Å². The first kappa shape index (κ1) is 28.6. The van der Waals surface area contributed by atoms with Crippen molar-refractivity contribution in [2.75, 3.05) is 13.2 Å². The van der Waals surface area contributed by atoms with E-state index >= 15 is 0 Å². The minimum Gasteiger partial charge on any atom is -0.361 e. The zero-order valence-electron chi connectivity index (χ0n) is 23.0. The first-order chi connectivity index (χ1) is 17.8. The van der Waals surface area contributed by atoms with E-state index < -0.39 is 22.0 Å². The maximum atomic E-state index is 13.5. The van der Waals surface area contributed by atoms with Gasteiger partial charge in [0.05, 0.1) is 27.9 Å². The zero-order valence-corrected chi connectivity index (χ0v) is 25.7. The summed E-state index contributed by atoms with van der Waals surface area (Å²) in [5, 5.41) is 1.12. The average molecular weight is 575 g/mol. The Balaban J connectivity index is 1.75. The molecular weight excluding hydrogens is 539 g/mol. The van der Waals surface area contributed by atoms with Gasteiger partial charge in [-0.05, 0) is 42.4 Å². The van der Waals surface area contributed by atoms with Gasteiger partial charge in [-0.15, -0.1) is 0 Å². The third-order valence-electron chi connectivity index (χ3n) is 6.34. The molecule has 3 heterocycles. The molecule has 0 bridgehead atoms. The summed E-state index contributed by atoms with van der Waals surface area (Å²) in [5.74, 6) is -0.416. The van der Waals surface area contributed by atoms with Gasteiger partial charge in [-0.3, -0.25) is 14.1 Å². The second kappa shape index (κ2) is 11.4. The van der Waals surface area contributed by atoms with Crippen molar-refractivity contribution in [3.8, 4) is 11.3 Å². The van der Waals surface area contributed by atoms with Crippen molar-refractivity contribution in [3.05, 3.63) is 57.9 Å². The molecule has 0 N–H and O–H groups in total. The highest BCUT2D eigenvalue weighted by molar-refractivity contribution is 6.76. The third kappa shape index (κ3) is 6.79. The lowest BCUT2D eigenvalue weighted by Crippen LogP contribution is -2.28. The highest BCUT2D eigenvalue weighted by Crippen LogP contribution is 2.34. The first-order valence-corrected chi connectivity index (χ1v) is 20.6. The van der Waals surface area contributed by atoms with Crippen LogP contribution in [0.3, 0.4) is 0 Å². The molecule has 7 nitrogen and oxygen atoms in total. The van der Waals surface area contributed by atoms with Crippen LogP contribution in [0.4, 0.5) is 4.39 Å². The molecule has 4 aromatic rings. The standard InChI is InChI=1S/C27H36ClFN4O3Si2/c1-37(2,3)13-11-35-17-32-24-15-21-23(10-8-20(25(21)28)22-9-7-19(29)16-30-22)31-26(24)33(27(32)34)18-36-12-14-38(4,5)6/h7-10,15-16H,11-14,17-18H2,1-6H3. The number of fused-ring (bicyclic) bond motifs is 2. The molecule has 38 heavy (non-hydrogen) atoms. The molecule has 1 aromatic carbocycles. The summed E-state index contributed by atoms with van der Waals surface area (Å²) >= 11 is 6.82. The molecule has 0 radical (unpaired) electrons. The molecule has 0 aliphatic carbocycles. The van der Waals surface area contributed by atoms with Gasteiger partial charge in [0.1, 0.15) is 19.3 Å². The third-order valence-corrected chi connectivity index (χ3v) is 10.2. The summed E-state index contributed by atoms with van der Waals surface area (Å²) in [6.45, 7) is 15.2. The predicted molar refractivity (Wildman–Crippen MR) is 158 cm³/mol. The SMILES string of the molecule is C[Si](C)(C)CCOCn1c(=O)n(COCC[Si](C)(C)C)c2nc3ccc(-c4ccc(F)cn4)c(Cl)c3cc21. The minimum absolute atomic E-state index is 0.117. The highest BCUT2D eigenvalue weighted by Gasteiger charge is 2.20. The summed E-state index contributed by atoms with van der Waals surface area (Å²) in [5.41, 5.74) is 2.76. The van der Waals surface area contributed by atoms with Gasteiger partial charge in [0.15, 0.2) is 5.65 Å². The van der Waals surface area contributed by atoms with Crippen LogP contribution in [0.25, 0.3) is 33.3 Å². The van der Waals surface area contributed by atoms with E-state index in [2.05, 4.69) is 44.3 Å². The van der Waals surface area contributed by atoms with E-state index in [1.54, 1.807) is 15.2 Å². The maximum Gasteiger partial charge on any atom is 0.334 e. The second-order valence-electron chi connectivity index (χ2n) is 12.0. The first-order valence-electron chi connectivity index (χ1n) is 12.8. The minimum atomic E-state index is -1.27. The van der Waals surface area contributed by atoms with Gasteiger partial charge < -0.3 is 9.47 Å². The average Bonchev–Trinajstić information content (AvgIpc) is 3.08. The van der Waals surface area contributed by atoms with Gasteiger partial charge in [0.2, 0.25) is 0 Å². The molecular formula is C27H36ClFN4O3Si2. The van der Waals surface area contributed by atoms with Gasteiger partial charge in [-0.25, -0.2) is 14.2 Å². The molecule has 0 saturated heterocycles. The Labute approximate surface area is 229 Å². The van der Waals surface area contributed by atoms with Gasteiger partial charge in [-0.2, -0.15) is 0 Å². The van der Waals surface area contributed by atoms with Crippen molar-refractivity contribution in [3.63, 3.8) is 0 Å². The number of nitrogens with zero attached hydrogens (tertiary/aromatic N) is 4. The van der Waals surface area contributed by atoms with E-state index in [4.69, 9.17) is 26.1 Å². The summed E-state index contributed by atoms with van der Waals surface area (Å²) in [6, 6.07) is 10.5. The van der Waals surface area contributed by atoms with E-state index in [-0.39, 0.29) is 19.2 Å². The Morgan fingerprint density at radius 2 is 1.55 bits per heavy atom. The van der Waals surface area contributed by atoms with Crippen molar-refractivity contribution in [2.45, 2.75) is 64.8 Å². The summed E-state index contributed by atoms with van der Waals surface area (Å²) in [7, 11) is -2.54. The van der Waals surface area contributed by atoms with Crippen molar-refractivity contribution in [2.24, 2.45) is 0 Å². The predicted octanol–water partition coefficient (Wildman–Crippen LogP) is 6.83. The van der Waals surface area contributed by atoms with Crippen molar-refractivity contribution < 1.29 is 13.9 Å². The fourth-order valence-corrected chi connectivity index (χ4v) is 5.79. The molecule has 0 saturated carbocycles. The number of rotatable bonds is 11. The smallest absolute Gasteiger partial charge is 0.334 e. The lowest BCUT2D eigenvalue weighted by Gasteiger charge is -2.15. The number of imidazole rings is 1. The molecule has 0 atom stereocenters. The van der Waals surface area contributed by atoms with Gasteiger partial charge in [0.25, 0.3) is 0 Å². The molecule has 0 aliphatic rings. The van der Waals surface area contributed by atoms with E-state index in [0.717, 1.165) is 18.3 Å². The zero-order chi connectivity index (χ0) is 27.7. The van der Waals surface area contributed by atoms with Crippen LogP contribution in [0.1, 0.15) is 0 Å². The monoisotopic (exact) mass is 574 g/mol. The van der Waals surface area contributed by atoms with E-state index in [1.807, 2.05) is 18.2 Å². The van der Waals surface area contributed by atoms with E-state index in [0.29, 0.717) is 51.6 Å². The van der Waals surface area contributed by atoms with Crippen LogP contribution in [0.5, 0.6) is 0 Å². The number of hydrogen-bond donors (Lipinski definition) is 0. The number of aromatic nitrogens is 4. The van der Waals surface area contributed by atoms with Gasteiger partial charge in [-0.1, -0.05) is 50.9 Å². The molecule has 0 amide bonds. The normalized spacial score (nSPS) is 12.6. The Bertz CT molecular complexity index is 1490. The lowest BCUT2D eigenvalue weighted by atomic mass is 10.1. The van der Waals surface area contributed by atoms with Gasteiger partial charge >= 0.3 is 5.69 Å². The largest absolute Gasteiger partial charge is 0.361 e. The van der Waals surface area contributed by atoms with Crippen LogP contribution in [0.2, 0.25) is 56.4 Å². The van der Waals surface area contributed by atoms with Crippen LogP contribution in [-0.2, 0) is 22.9 Å². The molecule has 11 heteroatoms. The maximum absolute atomic E-state index is 13.5. The van der Waals surface area contributed by atoms with Gasteiger partial charge in [0, 0.05) is 40.3 Å². The Hall–Kier alpha value is -2.38. The summed E-state index contributed by atoms with van der Waals surface area (Å²) in [4.78, 5) is 22.5. The van der Waals surface area contributed by atoms with Crippen LogP contribution in [-0.4, -0.2) is 48.5 Å². The molecule has 0 fully saturated rings. The number of hydrogen-bond acceptors (Lipinski definition) is 5. The Morgan fingerprint density at radius 1 is 0.921 bits per heavy atom. The second-order valence-corrected chi connectivity index (χ2v) is 23.6. The number of pyridine rings is 2. The molecule has 0 unspecified atom stereocenters. The Morgan fingerprint density at radius 3 is 2.13 bits per heavy atom. The van der Waals surface area contributed by atoms with Crippen molar-refractivity contribution in [1.29, 1.82) is 0 Å². The quantitative estimate of drug-likeness (QED) is 0.145. The number of ether oxygens (including phenoxy) is 2. The summed E-state index contributed by atoms with van der Waals surface area (Å²) < 4.78 is 28.5. The van der Waals surface area contributed by atoms with Crippen LogP contribution in [0.15, 0.2) is 41.3 Å². The van der Waals surface area contributed by atoms with Crippen LogP contribution >= 0.6 is 11.6 Å². The number of benzene rings is 1. The molecule has 204 valence electrons. The van der Waals surface area contributed by atoms with Crippen LogP contribution < -0.4 is 5.69 Å². The highest BCUT2D eigenvalue weighted by atomic mass is 35.5.